The van der Waals surface area contributed by atoms with Crippen molar-refractivity contribution >= 4 is 50.8 Å². The van der Waals surface area contributed by atoms with Crippen LogP contribution >= 0.6 is 27.7 Å². The van der Waals surface area contributed by atoms with E-state index in [0.29, 0.717) is 21.9 Å². The first kappa shape index (κ1) is 18.8. The number of furan rings is 1. The van der Waals surface area contributed by atoms with Crippen LogP contribution in [0.4, 0.5) is 5.69 Å². The molecule has 2 aromatic carbocycles. The molecule has 0 radical (unpaired) electrons. The number of imide groups is 1. The van der Waals surface area contributed by atoms with E-state index in [-0.39, 0.29) is 11.8 Å². The van der Waals surface area contributed by atoms with Gasteiger partial charge in [-0.25, -0.2) is 4.90 Å². The Balaban J connectivity index is 1.76. The van der Waals surface area contributed by atoms with Gasteiger partial charge in [-0.05, 0) is 42.8 Å². The maximum atomic E-state index is 13.3. The number of carbonyl (C=O) groups excluding carboxylic acids is 2. The van der Waals surface area contributed by atoms with Gasteiger partial charge in [0.25, 0.3) is 11.8 Å². The predicted molar refractivity (Wildman–Crippen MR) is 115 cm³/mol. The monoisotopic (exact) mass is 453 g/mol. The number of aryl methyl sites for hydroxylation is 1. The minimum Gasteiger partial charge on any atom is -0.468 e. The smallest absolute Gasteiger partial charge is 0.272 e. The summed E-state index contributed by atoms with van der Waals surface area (Å²) in [6.07, 6.45) is 1.60. The second-order valence-corrected chi connectivity index (χ2v) is 8.27. The molecule has 28 heavy (non-hydrogen) atoms. The maximum Gasteiger partial charge on any atom is 0.272 e. The summed E-state index contributed by atoms with van der Waals surface area (Å²) in [5.41, 5.74) is 2.81. The third-order valence-corrected chi connectivity index (χ3v) is 5.98. The molecule has 0 aliphatic carbocycles. The Hall–Kier alpha value is -2.57. The van der Waals surface area contributed by atoms with Gasteiger partial charge in [-0.15, -0.1) is 11.8 Å². The van der Waals surface area contributed by atoms with E-state index in [1.54, 1.807) is 30.5 Å². The molecule has 4 nitrogen and oxygen atoms in total. The quantitative estimate of drug-likeness (QED) is 0.473. The van der Waals surface area contributed by atoms with Gasteiger partial charge in [0, 0.05) is 4.47 Å². The Morgan fingerprint density at radius 3 is 2.46 bits per heavy atom. The summed E-state index contributed by atoms with van der Waals surface area (Å²) in [4.78, 5) is 28.2. The van der Waals surface area contributed by atoms with Crippen LogP contribution in [0.15, 0.2) is 80.7 Å². The van der Waals surface area contributed by atoms with Crippen molar-refractivity contribution in [2.45, 2.75) is 12.7 Å². The summed E-state index contributed by atoms with van der Waals surface area (Å²) < 4.78 is 6.18. The average molecular weight is 454 g/mol. The van der Waals surface area contributed by atoms with Crippen LogP contribution in [0.25, 0.3) is 5.57 Å². The summed E-state index contributed by atoms with van der Waals surface area (Å²) in [7, 11) is 0. The molecule has 0 spiro atoms. The highest BCUT2D eigenvalue weighted by Crippen LogP contribution is 2.40. The molecule has 0 N–H and O–H groups in total. The van der Waals surface area contributed by atoms with Crippen molar-refractivity contribution < 1.29 is 14.0 Å². The van der Waals surface area contributed by atoms with Gasteiger partial charge in [0.1, 0.15) is 5.76 Å². The lowest BCUT2D eigenvalue weighted by Gasteiger charge is -2.15. The minimum atomic E-state index is -0.311. The van der Waals surface area contributed by atoms with E-state index in [1.807, 2.05) is 43.3 Å². The number of thioether (sulfide) groups is 1. The van der Waals surface area contributed by atoms with Crippen LogP contribution in [0.1, 0.15) is 16.9 Å². The lowest BCUT2D eigenvalue weighted by Crippen LogP contribution is -2.31. The molecule has 6 heteroatoms. The highest BCUT2D eigenvalue weighted by Gasteiger charge is 2.40. The molecule has 2 amide bonds. The maximum absolute atomic E-state index is 13.3. The second kappa shape index (κ2) is 7.81. The van der Waals surface area contributed by atoms with E-state index in [4.69, 9.17) is 4.42 Å². The number of hydrogen-bond donors (Lipinski definition) is 0. The number of nitrogens with zero attached hydrogens (tertiary/aromatic N) is 1. The number of halogens is 1. The number of rotatable bonds is 5. The van der Waals surface area contributed by atoms with Crippen LogP contribution in [0, 0.1) is 6.92 Å². The van der Waals surface area contributed by atoms with E-state index in [0.717, 1.165) is 21.4 Å². The van der Waals surface area contributed by atoms with E-state index in [2.05, 4.69) is 15.9 Å². The number of hydrogen-bond acceptors (Lipinski definition) is 4. The fourth-order valence-electron chi connectivity index (χ4n) is 3.01. The van der Waals surface area contributed by atoms with Crippen LogP contribution in [0.2, 0.25) is 0 Å². The Bertz CT molecular complexity index is 1070. The van der Waals surface area contributed by atoms with E-state index in [1.165, 1.54) is 16.7 Å². The van der Waals surface area contributed by atoms with E-state index >= 15 is 0 Å². The van der Waals surface area contributed by atoms with Crippen molar-refractivity contribution in [1.29, 1.82) is 0 Å². The van der Waals surface area contributed by atoms with Gasteiger partial charge in [-0.3, -0.25) is 9.59 Å². The van der Waals surface area contributed by atoms with Crippen LogP contribution in [-0.4, -0.2) is 11.8 Å². The molecule has 3 aromatic rings. The minimum absolute atomic E-state index is 0.310. The Morgan fingerprint density at radius 2 is 1.79 bits per heavy atom. The zero-order valence-corrected chi connectivity index (χ0v) is 17.4. The van der Waals surface area contributed by atoms with Crippen molar-refractivity contribution in [3.05, 3.63) is 93.2 Å². The van der Waals surface area contributed by atoms with Crippen molar-refractivity contribution in [2.24, 2.45) is 0 Å². The van der Waals surface area contributed by atoms with Crippen LogP contribution < -0.4 is 4.90 Å². The molecule has 1 aliphatic heterocycles. The number of benzene rings is 2. The summed E-state index contributed by atoms with van der Waals surface area (Å²) in [5.74, 6) is 0.606. The van der Waals surface area contributed by atoms with Gasteiger partial charge in [0.15, 0.2) is 0 Å². The Labute approximate surface area is 175 Å². The first-order valence-electron chi connectivity index (χ1n) is 8.65. The lowest BCUT2D eigenvalue weighted by atomic mass is 10.0. The van der Waals surface area contributed by atoms with Gasteiger partial charge in [0.2, 0.25) is 0 Å². The third-order valence-electron chi connectivity index (χ3n) is 4.39. The molecule has 140 valence electrons. The SMILES string of the molecule is Cc1ccc(C2=C(SCc3ccco3)C(=O)N(c3cccc(Br)c3)C2=O)cc1. The summed E-state index contributed by atoms with van der Waals surface area (Å²) in [5, 5.41) is 0. The molecule has 0 saturated carbocycles. The van der Waals surface area contributed by atoms with Crippen molar-refractivity contribution in [1.82, 2.24) is 0 Å². The first-order valence-corrected chi connectivity index (χ1v) is 10.4. The molecule has 0 unspecified atom stereocenters. The normalized spacial score (nSPS) is 14.3. The average Bonchev–Trinajstić information content (AvgIpc) is 3.27. The zero-order chi connectivity index (χ0) is 19.7. The molecular weight excluding hydrogens is 438 g/mol. The molecule has 2 heterocycles. The molecule has 1 aliphatic rings. The highest BCUT2D eigenvalue weighted by atomic mass is 79.9. The fraction of sp³-hybridized carbons (Fsp3) is 0.0909. The van der Waals surface area contributed by atoms with Crippen molar-refractivity contribution in [3.8, 4) is 0 Å². The molecular formula is C22H16BrNO3S. The Kier molecular flexibility index (Phi) is 5.24. The third kappa shape index (κ3) is 3.57. The number of carbonyl (C=O) groups is 2. The second-order valence-electron chi connectivity index (χ2n) is 6.36. The van der Waals surface area contributed by atoms with Gasteiger partial charge in [-0.1, -0.05) is 51.8 Å². The number of anilines is 1. The zero-order valence-electron chi connectivity index (χ0n) is 15.0. The Morgan fingerprint density at radius 1 is 1.00 bits per heavy atom. The van der Waals surface area contributed by atoms with Gasteiger partial charge in [0.05, 0.1) is 28.2 Å². The van der Waals surface area contributed by atoms with Gasteiger partial charge in [-0.2, -0.15) is 0 Å². The molecule has 0 fully saturated rings. The summed E-state index contributed by atoms with van der Waals surface area (Å²) >= 11 is 4.73. The molecule has 0 bridgehead atoms. The summed E-state index contributed by atoms with van der Waals surface area (Å²) in [6, 6.07) is 18.5. The molecule has 1 aromatic heterocycles. The fourth-order valence-corrected chi connectivity index (χ4v) is 4.41. The highest BCUT2D eigenvalue weighted by molar-refractivity contribution is 9.10. The summed E-state index contributed by atoms with van der Waals surface area (Å²) in [6.45, 7) is 1.99. The largest absolute Gasteiger partial charge is 0.468 e. The van der Waals surface area contributed by atoms with Gasteiger partial charge < -0.3 is 4.42 Å². The molecule has 0 saturated heterocycles. The topological polar surface area (TPSA) is 50.5 Å². The van der Waals surface area contributed by atoms with Crippen LogP contribution in [0.5, 0.6) is 0 Å². The van der Waals surface area contributed by atoms with Crippen LogP contribution in [-0.2, 0) is 15.3 Å². The standard InChI is InChI=1S/C22H16BrNO3S/c1-14-7-9-15(10-8-14)19-20(28-13-18-6-3-11-27-18)22(26)24(21(19)25)17-5-2-4-16(23)12-17/h2-12H,13H2,1H3. The van der Waals surface area contributed by atoms with Gasteiger partial charge >= 0.3 is 0 Å². The number of amides is 2. The van der Waals surface area contributed by atoms with Crippen molar-refractivity contribution in [3.63, 3.8) is 0 Å². The first-order chi connectivity index (χ1) is 13.5. The molecule has 0 atom stereocenters. The van der Waals surface area contributed by atoms with Crippen LogP contribution in [0.3, 0.4) is 0 Å². The van der Waals surface area contributed by atoms with Crippen molar-refractivity contribution in [2.75, 3.05) is 4.90 Å². The lowest BCUT2D eigenvalue weighted by molar-refractivity contribution is -0.119. The molecule has 4 rings (SSSR count). The van der Waals surface area contributed by atoms with E-state index < -0.39 is 0 Å². The van der Waals surface area contributed by atoms with E-state index in [9.17, 15) is 9.59 Å². The predicted octanol–water partition coefficient (Wildman–Crippen LogP) is 5.57.